The summed E-state index contributed by atoms with van der Waals surface area (Å²) in [5, 5.41) is 0. The lowest BCUT2D eigenvalue weighted by molar-refractivity contribution is 0.407. The van der Waals surface area contributed by atoms with Gasteiger partial charge in [-0.05, 0) is 12.1 Å². The lowest BCUT2D eigenvalue weighted by Gasteiger charge is -2.07. The Balaban J connectivity index is 0.00000144. The van der Waals surface area contributed by atoms with Crippen molar-refractivity contribution in [1.29, 1.82) is 0 Å². The van der Waals surface area contributed by atoms with Gasteiger partial charge in [0.25, 0.3) is 0 Å². The molecule has 0 saturated carbocycles. The molecule has 3 nitrogen and oxygen atoms in total. The van der Waals surface area contributed by atoms with Gasteiger partial charge in [-0.25, -0.2) is 0 Å². The Hall–Kier alpha value is -0.290. The van der Waals surface area contributed by atoms with E-state index in [-0.39, 0.29) is 12.4 Å². The highest BCUT2D eigenvalue weighted by Gasteiger charge is 2.01. The molecule has 0 radical (unpaired) electrons. The monoisotopic (exact) mass is 266 g/mol. The number of hydrogen-bond acceptors (Lipinski definition) is 3. The zero-order valence-electron chi connectivity index (χ0n) is 7.21. The standard InChI is InChI=1S/C8H11BrN2O.ClH/c1-12-8-4-7(9)3-2-6(8)5-11-10;/h2-4,11H,5,10H2,1H3;1H. The second-order valence-electron chi connectivity index (χ2n) is 2.34. The maximum Gasteiger partial charge on any atom is 0.124 e. The van der Waals surface area contributed by atoms with E-state index >= 15 is 0 Å². The first-order chi connectivity index (χ1) is 5.77. The first kappa shape index (κ1) is 12.7. The Morgan fingerprint density at radius 2 is 2.23 bits per heavy atom. The number of hydrazine groups is 1. The molecule has 0 heterocycles. The van der Waals surface area contributed by atoms with Crippen LogP contribution in [-0.4, -0.2) is 7.11 Å². The van der Waals surface area contributed by atoms with Gasteiger partial charge in [-0.3, -0.25) is 11.3 Å². The van der Waals surface area contributed by atoms with Crippen molar-refractivity contribution in [3.8, 4) is 5.75 Å². The van der Waals surface area contributed by atoms with Gasteiger partial charge in [0.2, 0.25) is 0 Å². The largest absolute Gasteiger partial charge is 0.496 e. The summed E-state index contributed by atoms with van der Waals surface area (Å²) in [6, 6.07) is 5.82. The fourth-order valence-corrected chi connectivity index (χ4v) is 1.31. The van der Waals surface area contributed by atoms with Crippen molar-refractivity contribution in [2.75, 3.05) is 7.11 Å². The van der Waals surface area contributed by atoms with Crippen LogP contribution < -0.4 is 16.0 Å². The summed E-state index contributed by atoms with van der Waals surface area (Å²) in [6.07, 6.45) is 0. The Morgan fingerprint density at radius 1 is 1.54 bits per heavy atom. The molecule has 0 atom stereocenters. The van der Waals surface area contributed by atoms with Crippen molar-refractivity contribution < 1.29 is 4.74 Å². The number of nitrogens with one attached hydrogen (secondary N) is 1. The maximum atomic E-state index is 5.20. The molecule has 1 aromatic rings. The third kappa shape index (κ3) is 3.52. The van der Waals surface area contributed by atoms with E-state index in [1.165, 1.54) is 0 Å². The lowest BCUT2D eigenvalue weighted by atomic mass is 10.2. The molecule has 0 aliphatic heterocycles. The van der Waals surface area contributed by atoms with Crippen LogP contribution in [0.25, 0.3) is 0 Å². The van der Waals surface area contributed by atoms with Crippen LogP contribution in [0.15, 0.2) is 22.7 Å². The second-order valence-corrected chi connectivity index (χ2v) is 3.25. The van der Waals surface area contributed by atoms with E-state index in [1.54, 1.807) is 7.11 Å². The van der Waals surface area contributed by atoms with Crippen LogP contribution in [0.4, 0.5) is 0 Å². The normalized spacial score (nSPS) is 9.15. The summed E-state index contributed by atoms with van der Waals surface area (Å²) in [5.41, 5.74) is 3.63. The average molecular weight is 268 g/mol. The molecule has 0 aromatic heterocycles. The zero-order valence-corrected chi connectivity index (χ0v) is 9.61. The van der Waals surface area contributed by atoms with Crippen LogP contribution in [0.5, 0.6) is 5.75 Å². The van der Waals surface area contributed by atoms with Crippen LogP contribution in [0.1, 0.15) is 5.56 Å². The predicted molar refractivity (Wildman–Crippen MR) is 59.0 cm³/mol. The van der Waals surface area contributed by atoms with Gasteiger partial charge in [0.1, 0.15) is 5.75 Å². The molecule has 0 saturated heterocycles. The Kier molecular flexibility index (Phi) is 6.07. The summed E-state index contributed by atoms with van der Waals surface area (Å²) in [7, 11) is 1.64. The minimum absolute atomic E-state index is 0. The first-order valence-electron chi connectivity index (χ1n) is 3.54. The molecule has 13 heavy (non-hydrogen) atoms. The smallest absolute Gasteiger partial charge is 0.124 e. The van der Waals surface area contributed by atoms with Crippen LogP contribution in [0, 0.1) is 0 Å². The second kappa shape index (κ2) is 6.21. The van der Waals surface area contributed by atoms with Crippen LogP contribution in [0.3, 0.4) is 0 Å². The molecule has 0 unspecified atom stereocenters. The number of nitrogens with two attached hydrogens (primary N) is 1. The van der Waals surface area contributed by atoms with Crippen molar-refractivity contribution in [3.05, 3.63) is 28.2 Å². The molecule has 1 aromatic carbocycles. The highest BCUT2D eigenvalue weighted by molar-refractivity contribution is 9.10. The zero-order chi connectivity index (χ0) is 8.97. The SMILES string of the molecule is COc1cc(Br)ccc1CNN.Cl. The number of rotatable bonds is 3. The van der Waals surface area contributed by atoms with Crippen LogP contribution in [-0.2, 0) is 6.54 Å². The quantitative estimate of drug-likeness (QED) is 0.649. The minimum Gasteiger partial charge on any atom is -0.496 e. The minimum atomic E-state index is 0. The molecule has 5 heteroatoms. The summed E-state index contributed by atoms with van der Waals surface area (Å²) in [4.78, 5) is 0. The third-order valence-electron chi connectivity index (χ3n) is 1.54. The molecule has 74 valence electrons. The number of benzene rings is 1. The summed E-state index contributed by atoms with van der Waals surface area (Å²) >= 11 is 3.36. The van der Waals surface area contributed by atoms with Crippen molar-refractivity contribution in [2.24, 2.45) is 5.84 Å². The van der Waals surface area contributed by atoms with E-state index in [0.29, 0.717) is 6.54 Å². The Morgan fingerprint density at radius 3 is 2.77 bits per heavy atom. The highest BCUT2D eigenvalue weighted by atomic mass is 79.9. The fourth-order valence-electron chi connectivity index (χ4n) is 0.974. The molecule has 0 bridgehead atoms. The van der Waals surface area contributed by atoms with E-state index in [0.717, 1.165) is 15.8 Å². The van der Waals surface area contributed by atoms with Gasteiger partial charge in [-0.15, -0.1) is 12.4 Å². The van der Waals surface area contributed by atoms with Gasteiger partial charge in [-0.2, -0.15) is 0 Å². The van der Waals surface area contributed by atoms with E-state index in [4.69, 9.17) is 10.6 Å². The Labute approximate surface area is 92.2 Å². The van der Waals surface area contributed by atoms with Crippen LogP contribution >= 0.6 is 28.3 Å². The van der Waals surface area contributed by atoms with Crippen molar-refractivity contribution >= 4 is 28.3 Å². The molecule has 0 amide bonds. The summed E-state index contributed by atoms with van der Waals surface area (Å²) in [5.74, 6) is 6.04. The van der Waals surface area contributed by atoms with Crippen molar-refractivity contribution in [3.63, 3.8) is 0 Å². The molecule has 1 rings (SSSR count). The third-order valence-corrected chi connectivity index (χ3v) is 2.03. The fraction of sp³-hybridized carbons (Fsp3) is 0.250. The number of hydrogen-bond donors (Lipinski definition) is 2. The van der Waals surface area contributed by atoms with E-state index in [9.17, 15) is 0 Å². The van der Waals surface area contributed by atoms with Gasteiger partial charge < -0.3 is 4.74 Å². The van der Waals surface area contributed by atoms with Gasteiger partial charge in [0.15, 0.2) is 0 Å². The van der Waals surface area contributed by atoms with Crippen LogP contribution in [0.2, 0.25) is 0 Å². The lowest BCUT2D eigenvalue weighted by Crippen LogP contribution is -2.21. The molecule has 0 aliphatic carbocycles. The topological polar surface area (TPSA) is 47.3 Å². The van der Waals surface area contributed by atoms with Gasteiger partial charge in [0, 0.05) is 16.6 Å². The number of methoxy groups -OCH3 is 1. The highest BCUT2D eigenvalue weighted by Crippen LogP contribution is 2.22. The first-order valence-corrected chi connectivity index (χ1v) is 4.33. The maximum absolute atomic E-state index is 5.20. The van der Waals surface area contributed by atoms with Gasteiger partial charge >= 0.3 is 0 Å². The van der Waals surface area contributed by atoms with E-state index in [1.807, 2.05) is 18.2 Å². The molecule has 0 spiro atoms. The summed E-state index contributed by atoms with van der Waals surface area (Å²) < 4.78 is 6.15. The molecule has 0 aliphatic rings. The number of ether oxygens (including phenoxy) is 1. The Bertz CT molecular complexity index is 270. The molecule has 0 fully saturated rings. The van der Waals surface area contributed by atoms with Crippen molar-refractivity contribution in [1.82, 2.24) is 5.43 Å². The summed E-state index contributed by atoms with van der Waals surface area (Å²) in [6.45, 7) is 0.608. The van der Waals surface area contributed by atoms with E-state index in [2.05, 4.69) is 21.4 Å². The molecular weight excluding hydrogens is 255 g/mol. The molecule has 3 N–H and O–H groups in total. The van der Waals surface area contributed by atoms with E-state index < -0.39 is 0 Å². The predicted octanol–water partition coefficient (Wildman–Crippen LogP) is 1.84. The van der Waals surface area contributed by atoms with Gasteiger partial charge in [0.05, 0.1) is 7.11 Å². The molecular formula is C8H12BrClN2O. The van der Waals surface area contributed by atoms with Crippen molar-refractivity contribution in [2.45, 2.75) is 6.54 Å². The average Bonchev–Trinajstić information content (AvgIpc) is 2.08. The number of halogens is 2. The van der Waals surface area contributed by atoms with Gasteiger partial charge in [-0.1, -0.05) is 22.0 Å².